The van der Waals surface area contributed by atoms with E-state index in [0.29, 0.717) is 10.9 Å². The first-order chi connectivity index (χ1) is 12.7. The molecular weight excluding hydrogens is 404 g/mol. The second kappa shape index (κ2) is 8.21. The first-order valence-electron chi connectivity index (χ1n) is 8.44. The summed E-state index contributed by atoms with van der Waals surface area (Å²) in [7, 11) is 0. The van der Waals surface area contributed by atoms with Crippen molar-refractivity contribution in [2.45, 2.75) is 35.7 Å². The smallest absolute Gasteiger partial charge is 0.260 e. The van der Waals surface area contributed by atoms with Gasteiger partial charge in [-0.05, 0) is 43.4 Å². The van der Waals surface area contributed by atoms with E-state index in [1.807, 2.05) is 18.2 Å². The third kappa shape index (κ3) is 3.88. The van der Waals surface area contributed by atoms with Crippen LogP contribution in [0.3, 0.4) is 0 Å². The maximum Gasteiger partial charge on any atom is 0.260 e. The number of aromatic nitrogens is 2. The molecule has 1 N–H and O–H groups in total. The molecule has 0 amide bonds. The minimum absolute atomic E-state index is 0.0102. The number of thiophene rings is 1. The van der Waals surface area contributed by atoms with Gasteiger partial charge < -0.3 is 4.98 Å². The Morgan fingerprint density at radius 3 is 2.88 bits per heavy atom. The highest BCUT2D eigenvalue weighted by molar-refractivity contribution is 8.05. The second-order valence-electron chi connectivity index (χ2n) is 6.04. The van der Waals surface area contributed by atoms with Crippen molar-refractivity contribution < 1.29 is 0 Å². The quantitative estimate of drug-likeness (QED) is 0.416. The maximum absolute atomic E-state index is 12.6. The monoisotopic (exact) mass is 420 g/mol. The number of fused-ring (bicyclic) bond motifs is 3. The zero-order chi connectivity index (χ0) is 17.9. The Balaban J connectivity index is 1.53. The molecule has 0 bridgehead atoms. The molecule has 1 aliphatic carbocycles. The molecule has 2 heterocycles. The highest BCUT2D eigenvalue weighted by Gasteiger charge is 2.19. The Morgan fingerprint density at radius 2 is 2.08 bits per heavy atom. The molecule has 0 spiro atoms. The van der Waals surface area contributed by atoms with Gasteiger partial charge in [0, 0.05) is 26.0 Å². The van der Waals surface area contributed by atoms with Crippen LogP contribution >= 0.6 is 46.5 Å². The summed E-state index contributed by atoms with van der Waals surface area (Å²) in [5.41, 5.74) is 2.82. The number of benzene rings is 1. The molecule has 7 heteroatoms. The molecular formula is C19H17ClN2OS3. The predicted octanol–water partition coefficient (Wildman–Crippen LogP) is 5.83. The predicted molar refractivity (Wildman–Crippen MR) is 114 cm³/mol. The molecule has 26 heavy (non-hydrogen) atoms. The van der Waals surface area contributed by atoms with Crippen LogP contribution in [0, 0.1) is 0 Å². The second-order valence-corrected chi connectivity index (χ2v) is 9.51. The number of hydrogen-bond acceptors (Lipinski definition) is 5. The molecule has 0 saturated carbocycles. The van der Waals surface area contributed by atoms with Gasteiger partial charge in [-0.2, -0.15) is 0 Å². The largest absolute Gasteiger partial charge is 0.301 e. The molecule has 0 atom stereocenters. The molecule has 0 saturated heterocycles. The summed E-state index contributed by atoms with van der Waals surface area (Å²) >= 11 is 10.8. The van der Waals surface area contributed by atoms with Crippen LogP contribution in [0.5, 0.6) is 0 Å². The van der Waals surface area contributed by atoms with Crippen molar-refractivity contribution in [2.75, 3.05) is 5.75 Å². The highest BCUT2D eigenvalue weighted by Crippen LogP contribution is 2.35. The Morgan fingerprint density at radius 1 is 1.27 bits per heavy atom. The summed E-state index contributed by atoms with van der Waals surface area (Å²) in [6, 6.07) is 10.1. The van der Waals surface area contributed by atoms with E-state index in [1.165, 1.54) is 28.6 Å². The van der Waals surface area contributed by atoms with E-state index >= 15 is 0 Å². The van der Waals surface area contributed by atoms with Crippen LogP contribution in [-0.2, 0) is 12.8 Å². The third-order valence-corrected chi connectivity index (χ3v) is 7.98. The minimum atomic E-state index is -0.0102. The van der Waals surface area contributed by atoms with Gasteiger partial charge in [-0.15, -0.1) is 11.3 Å². The normalized spacial score (nSPS) is 14.6. The zero-order valence-electron chi connectivity index (χ0n) is 14.0. The fourth-order valence-corrected chi connectivity index (χ4v) is 6.43. The zero-order valence-corrected chi connectivity index (χ0v) is 17.2. The van der Waals surface area contributed by atoms with Gasteiger partial charge in [0.2, 0.25) is 0 Å². The molecule has 0 fully saturated rings. The lowest BCUT2D eigenvalue weighted by molar-refractivity contribution is 0.700. The van der Waals surface area contributed by atoms with Crippen molar-refractivity contribution in [1.29, 1.82) is 0 Å². The van der Waals surface area contributed by atoms with Gasteiger partial charge >= 0.3 is 0 Å². The first kappa shape index (κ1) is 18.2. The van der Waals surface area contributed by atoms with Crippen LogP contribution in [0.2, 0.25) is 0 Å². The van der Waals surface area contributed by atoms with Gasteiger partial charge in [0.15, 0.2) is 5.16 Å². The van der Waals surface area contributed by atoms with Crippen molar-refractivity contribution in [2.24, 2.45) is 0 Å². The molecule has 134 valence electrons. The molecule has 0 aliphatic heterocycles. The summed E-state index contributed by atoms with van der Waals surface area (Å²) < 4.78 is 0. The van der Waals surface area contributed by atoms with Crippen LogP contribution in [0.15, 0.2) is 55.6 Å². The van der Waals surface area contributed by atoms with E-state index in [0.717, 1.165) is 39.3 Å². The van der Waals surface area contributed by atoms with E-state index in [9.17, 15) is 4.79 Å². The summed E-state index contributed by atoms with van der Waals surface area (Å²) in [6.45, 7) is 0. The average molecular weight is 421 g/mol. The fraction of sp³-hybridized carbons (Fsp3) is 0.263. The molecule has 1 aromatic carbocycles. The van der Waals surface area contributed by atoms with E-state index in [-0.39, 0.29) is 5.56 Å². The molecule has 4 rings (SSSR count). The van der Waals surface area contributed by atoms with Gasteiger partial charge in [0.1, 0.15) is 4.83 Å². The highest BCUT2D eigenvalue weighted by atomic mass is 35.5. The van der Waals surface area contributed by atoms with Crippen molar-refractivity contribution in [3.8, 4) is 0 Å². The lowest BCUT2D eigenvalue weighted by Crippen LogP contribution is -2.11. The van der Waals surface area contributed by atoms with Gasteiger partial charge in [-0.3, -0.25) is 4.79 Å². The third-order valence-electron chi connectivity index (χ3n) is 4.27. The topological polar surface area (TPSA) is 45.8 Å². The number of rotatable bonds is 5. The van der Waals surface area contributed by atoms with Crippen LogP contribution in [0.1, 0.15) is 23.3 Å². The Labute approximate surface area is 169 Å². The van der Waals surface area contributed by atoms with Gasteiger partial charge in [0.25, 0.3) is 5.56 Å². The molecule has 1 aliphatic rings. The number of thioether (sulfide) groups is 2. The number of nitrogens with zero attached hydrogens (tertiary/aromatic N) is 1. The van der Waals surface area contributed by atoms with Crippen molar-refractivity contribution >= 4 is 56.7 Å². The molecule has 3 nitrogen and oxygen atoms in total. The van der Waals surface area contributed by atoms with E-state index < -0.39 is 0 Å². The number of aryl methyl sites for hydroxylation is 2. The number of hydrogen-bond donors (Lipinski definition) is 1. The van der Waals surface area contributed by atoms with Gasteiger partial charge in [-0.1, -0.05) is 53.3 Å². The average Bonchev–Trinajstić information content (AvgIpc) is 3.04. The molecule has 3 aromatic rings. The van der Waals surface area contributed by atoms with E-state index in [2.05, 4.69) is 17.1 Å². The lowest BCUT2D eigenvalue weighted by Gasteiger charge is -2.09. The summed E-state index contributed by atoms with van der Waals surface area (Å²) in [4.78, 5) is 24.6. The number of H-pyrrole nitrogens is 1. The standard InChI is InChI=1S/C19H17ClN2OS3/c20-10-13(25-12-6-2-1-3-7-12)11-24-19-21-17(23)16-14-8-4-5-9-15(14)26-18(16)22-19/h1-3,6-7,10H,4-5,8-9,11H2,(H,21,22,23). The molecule has 2 aromatic heterocycles. The van der Waals surface area contributed by atoms with Crippen molar-refractivity contribution in [3.63, 3.8) is 0 Å². The number of nitrogens with one attached hydrogen (secondary N) is 1. The maximum atomic E-state index is 12.6. The molecule has 0 unspecified atom stereocenters. The lowest BCUT2D eigenvalue weighted by atomic mass is 9.97. The number of halogens is 1. The van der Waals surface area contributed by atoms with Crippen molar-refractivity contribution in [1.82, 2.24) is 9.97 Å². The van der Waals surface area contributed by atoms with Crippen LogP contribution in [0.4, 0.5) is 0 Å². The first-order valence-corrected chi connectivity index (χ1v) is 11.5. The minimum Gasteiger partial charge on any atom is -0.301 e. The number of aromatic amines is 1. The summed E-state index contributed by atoms with van der Waals surface area (Å²) in [6.07, 6.45) is 4.44. The SMILES string of the molecule is O=c1[nH]c(SCC(=CCl)Sc2ccccc2)nc2sc3c(c12)CCCC3. The van der Waals surface area contributed by atoms with Crippen LogP contribution in [0.25, 0.3) is 10.2 Å². The molecule has 0 radical (unpaired) electrons. The fourth-order valence-electron chi connectivity index (χ4n) is 3.08. The van der Waals surface area contributed by atoms with Crippen LogP contribution < -0.4 is 5.56 Å². The Hall–Kier alpha value is -1.21. The van der Waals surface area contributed by atoms with Gasteiger partial charge in [0.05, 0.1) is 5.39 Å². The Bertz CT molecular complexity index is 1010. The van der Waals surface area contributed by atoms with Crippen molar-refractivity contribution in [3.05, 3.63) is 61.6 Å². The van der Waals surface area contributed by atoms with Gasteiger partial charge in [-0.25, -0.2) is 4.98 Å². The summed E-state index contributed by atoms with van der Waals surface area (Å²) in [5.74, 6) is 0.669. The van der Waals surface area contributed by atoms with E-state index in [1.54, 1.807) is 28.6 Å². The van der Waals surface area contributed by atoms with E-state index in [4.69, 9.17) is 16.6 Å². The van der Waals surface area contributed by atoms with Crippen LogP contribution in [-0.4, -0.2) is 15.7 Å². The Kier molecular flexibility index (Phi) is 5.74. The summed E-state index contributed by atoms with van der Waals surface area (Å²) in [5, 5.41) is 1.46.